The predicted octanol–water partition coefficient (Wildman–Crippen LogP) is 14.4. The molecule has 12 rings (SSSR count). The lowest BCUT2D eigenvalue weighted by atomic mass is 9.98. The van der Waals surface area contributed by atoms with Crippen LogP contribution in [-0.2, 0) is 0 Å². The molecule has 4 aromatic heterocycles. The molecule has 57 heavy (non-hydrogen) atoms. The van der Waals surface area contributed by atoms with Crippen LogP contribution < -0.4 is 0 Å². The van der Waals surface area contributed by atoms with Crippen molar-refractivity contribution in [3.63, 3.8) is 0 Å². The number of para-hydroxylation sites is 3. The van der Waals surface area contributed by atoms with Gasteiger partial charge < -0.3 is 8.83 Å². The van der Waals surface area contributed by atoms with Gasteiger partial charge in [-0.25, -0.2) is 15.0 Å². The number of benzene rings is 8. The molecule has 0 spiro atoms. The lowest BCUT2D eigenvalue weighted by Crippen LogP contribution is -2.00. The molecule has 6 heteroatoms. The summed E-state index contributed by atoms with van der Waals surface area (Å²) in [7, 11) is 0. The number of thiophene rings is 1. The Labute approximate surface area is 330 Å². The highest BCUT2D eigenvalue weighted by atomic mass is 32.1. The Morgan fingerprint density at radius 2 is 0.895 bits per heavy atom. The molecule has 0 atom stereocenters. The molecule has 0 fully saturated rings. The van der Waals surface area contributed by atoms with E-state index < -0.39 is 0 Å². The molecule has 0 radical (unpaired) electrons. The fourth-order valence-electron chi connectivity index (χ4n) is 8.23. The zero-order valence-electron chi connectivity index (χ0n) is 30.3. The summed E-state index contributed by atoms with van der Waals surface area (Å²) in [5, 5.41) is 6.68. The Morgan fingerprint density at radius 1 is 0.333 bits per heavy atom. The Morgan fingerprint density at radius 3 is 1.74 bits per heavy atom. The summed E-state index contributed by atoms with van der Waals surface area (Å²) in [6.45, 7) is 0. The van der Waals surface area contributed by atoms with Gasteiger partial charge in [-0.2, -0.15) is 0 Å². The molecule has 0 saturated carbocycles. The standard InChI is InChI=1S/C51H29N3O2S/c1-4-18-42-35(12-1)38-15-8-17-41(48(38)56-42)51-53-49(52-50(54-51)40-16-9-20-44-47(40)39-14-2-5-19-43(39)55-44)34-11-7-10-32(28-34)30-22-24-31(25-23-30)33-26-27-37-36-13-3-6-21-45(36)57-46(37)29-33/h1-29H. The fraction of sp³-hybridized carbons (Fsp3) is 0. The van der Waals surface area contributed by atoms with E-state index in [-0.39, 0.29) is 0 Å². The predicted molar refractivity (Wildman–Crippen MR) is 234 cm³/mol. The average Bonchev–Trinajstić information content (AvgIpc) is 3.97. The summed E-state index contributed by atoms with van der Waals surface area (Å²) in [4.78, 5) is 15.6. The number of fused-ring (bicyclic) bond motifs is 9. The van der Waals surface area contributed by atoms with Crippen molar-refractivity contribution < 1.29 is 8.83 Å². The van der Waals surface area contributed by atoms with Crippen molar-refractivity contribution in [3.8, 4) is 56.4 Å². The monoisotopic (exact) mass is 747 g/mol. The second-order valence-corrected chi connectivity index (χ2v) is 15.4. The topological polar surface area (TPSA) is 65.0 Å². The molecule has 0 amide bonds. The summed E-state index contributed by atoms with van der Waals surface area (Å²) in [5.41, 5.74) is 10.3. The maximum Gasteiger partial charge on any atom is 0.167 e. The van der Waals surface area contributed by atoms with Crippen molar-refractivity contribution in [2.75, 3.05) is 0 Å². The molecule has 0 unspecified atom stereocenters. The third-order valence-electron chi connectivity index (χ3n) is 11.0. The second kappa shape index (κ2) is 12.6. The number of hydrogen-bond donors (Lipinski definition) is 0. The summed E-state index contributed by atoms with van der Waals surface area (Å²) < 4.78 is 15.4. The summed E-state index contributed by atoms with van der Waals surface area (Å²) in [6.07, 6.45) is 0. The van der Waals surface area contributed by atoms with E-state index in [1.807, 2.05) is 72.0 Å². The highest BCUT2D eigenvalue weighted by molar-refractivity contribution is 7.25. The molecule has 8 aromatic carbocycles. The number of rotatable bonds is 5. The molecule has 12 aromatic rings. The fourth-order valence-corrected chi connectivity index (χ4v) is 9.37. The normalized spacial score (nSPS) is 11.9. The molecule has 266 valence electrons. The lowest BCUT2D eigenvalue weighted by molar-refractivity contribution is 0.668. The molecule has 0 aliphatic carbocycles. The van der Waals surface area contributed by atoms with E-state index >= 15 is 0 Å². The molecule has 0 aliphatic rings. The highest BCUT2D eigenvalue weighted by Crippen LogP contribution is 2.40. The largest absolute Gasteiger partial charge is 0.456 e. The van der Waals surface area contributed by atoms with E-state index in [1.54, 1.807) is 0 Å². The second-order valence-electron chi connectivity index (χ2n) is 14.3. The van der Waals surface area contributed by atoms with E-state index in [0.717, 1.165) is 71.7 Å². The maximum atomic E-state index is 6.48. The van der Waals surface area contributed by atoms with Gasteiger partial charge in [-0.3, -0.25) is 0 Å². The zero-order valence-corrected chi connectivity index (χ0v) is 31.1. The molecular formula is C51H29N3O2S. The van der Waals surface area contributed by atoms with Crippen LogP contribution in [-0.4, -0.2) is 15.0 Å². The number of hydrogen-bond acceptors (Lipinski definition) is 6. The number of nitrogens with zero attached hydrogens (tertiary/aromatic N) is 3. The van der Waals surface area contributed by atoms with Gasteiger partial charge in [0.1, 0.15) is 22.3 Å². The molecule has 0 saturated heterocycles. The highest BCUT2D eigenvalue weighted by Gasteiger charge is 2.20. The Kier molecular flexibility index (Phi) is 7.03. The number of furan rings is 2. The Hall–Kier alpha value is -7.41. The van der Waals surface area contributed by atoms with E-state index in [9.17, 15) is 0 Å². The van der Waals surface area contributed by atoms with E-state index in [1.165, 1.54) is 31.3 Å². The number of aromatic nitrogens is 3. The molecular weight excluding hydrogens is 719 g/mol. The van der Waals surface area contributed by atoms with Crippen LogP contribution >= 0.6 is 11.3 Å². The average molecular weight is 748 g/mol. The van der Waals surface area contributed by atoms with Crippen molar-refractivity contribution in [2.24, 2.45) is 0 Å². The van der Waals surface area contributed by atoms with Crippen LogP contribution in [0.5, 0.6) is 0 Å². The van der Waals surface area contributed by atoms with Crippen molar-refractivity contribution in [1.82, 2.24) is 15.0 Å². The first kappa shape index (κ1) is 31.9. The van der Waals surface area contributed by atoms with Crippen molar-refractivity contribution in [2.45, 2.75) is 0 Å². The zero-order chi connectivity index (χ0) is 37.5. The third kappa shape index (κ3) is 5.19. The molecule has 5 nitrogen and oxygen atoms in total. The van der Waals surface area contributed by atoms with Crippen LogP contribution in [0.15, 0.2) is 185 Å². The van der Waals surface area contributed by atoms with Crippen LogP contribution in [0.2, 0.25) is 0 Å². The first-order chi connectivity index (χ1) is 28.2. The van der Waals surface area contributed by atoms with Crippen LogP contribution in [0.4, 0.5) is 0 Å². The van der Waals surface area contributed by atoms with Gasteiger partial charge in [0.2, 0.25) is 0 Å². The SMILES string of the molecule is c1cc(-c2ccc(-c3ccc4c(c3)sc3ccccc34)cc2)cc(-c2nc(-c3cccc4c3oc3ccccc34)nc(-c3cccc4oc5ccccc5c34)n2)c1. The van der Waals surface area contributed by atoms with E-state index in [4.69, 9.17) is 23.8 Å². The quantitative estimate of drug-likeness (QED) is 0.175. The van der Waals surface area contributed by atoms with Crippen LogP contribution in [0.3, 0.4) is 0 Å². The van der Waals surface area contributed by atoms with E-state index in [2.05, 4.69) is 115 Å². The smallest absolute Gasteiger partial charge is 0.167 e. The van der Waals surface area contributed by atoms with Gasteiger partial charge in [0.05, 0.1) is 5.56 Å². The van der Waals surface area contributed by atoms with Gasteiger partial charge in [0.15, 0.2) is 17.5 Å². The van der Waals surface area contributed by atoms with Crippen molar-refractivity contribution in [1.29, 1.82) is 0 Å². The summed E-state index contributed by atoms with van der Waals surface area (Å²) in [6, 6.07) is 61.1. The minimum atomic E-state index is 0.537. The minimum absolute atomic E-state index is 0.537. The van der Waals surface area contributed by atoms with Crippen molar-refractivity contribution >= 4 is 75.4 Å². The Bertz CT molecular complexity index is 3540. The van der Waals surface area contributed by atoms with Gasteiger partial charge in [0.25, 0.3) is 0 Å². The molecule has 0 N–H and O–H groups in total. The molecule has 0 aliphatic heterocycles. The van der Waals surface area contributed by atoms with Gasteiger partial charge in [-0.1, -0.05) is 133 Å². The van der Waals surface area contributed by atoms with Crippen LogP contribution in [0, 0.1) is 0 Å². The van der Waals surface area contributed by atoms with Gasteiger partial charge in [-0.05, 0) is 64.7 Å². The maximum absolute atomic E-state index is 6.48. The molecule has 4 heterocycles. The summed E-state index contributed by atoms with van der Waals surface area (Å²) >= 11 is 1.85. The Balaban J connectivity index is 0.988. The van der Waals surface area contributed by atoms with E-state index in [0.29, 0.717) is 17.5 Å². The molecule has 0 bridgehead atoms. The third-order valence-corrected chi connectivity index (χ3v) is 12.1. The summed E-state index contributed by atoms with van der Waals surface area (Å²) in [5.74, 6) is 1.67. The van der Waals surface area contributed by atoms with Crippen LogP contribution in [0.1, 0.15) is 0 Å². The van der Waals surface area contributed by atoms with Gasteiger partial charge in [-0.15, -0.1) is 11.3 Å². The van der Waals surface area contributed by atoms with Gasteiger partial charge in [0, 0.05) is 52.8 Å². The van der Waals surface area contributed by atoms with Crippen LogP contribution in [0.25, 0.3) is 120 Å². The first-order valence-electron chi connectivity index (χ1n) is 18.9. The van der Waals surface area contributed by atoms with Crippen molar-refractivity contribution in [3.05, 3.63) is 176 Å². The lowest BCUT2D eigenvalue weighted by Gasteiger charge is -2.11. The van der Waals surface area contributed by atoms with Gasteiger partial charge >= 0.3 is 0 Å². The first-order valence-corrected chi connectivity index (χ1v) is 19.7. The minimum Gasteiger partial charge on any atom is -0.456 e.